The highest BCUT2D eigenvalue weighted by Crippen LogP contribution is 2.38. The zero-order valence-corrected chi connectivity index (χ0v) is 12.0. The fourth-order valence-corrected chi connectivity index (χ4v) is 2.08. The molecule has 0 fully saturated rings. The minimum Gasteiger partial charge on any atom is -0.386 e. The maximum Gasteiger partial charge on any atom is 0.165 e. The van der Waals surface area contributed by atoms with Crippen LogP contribution >= 0.6 is 27.5 Å². The third kappa shape index (κ3) is 2.77. The van der Waals surface area contributed by atoms with Gasteiger partial charge in [0.25, 0.3) is 0 Å². The van der Waals surface area contributed by atoms with Gasteiger partial charge in [0.05, 0.1) is 0 Å². The van der Waals surface area contributed by atoms with Gasteiger partial charge in [-0.2, -0.15) is 0 Å². The fourth-order valence-electron chi connectivity index (χ4n) is 1.15. The molecule has 90 valence electrons. The summed E-state index contributed by atoms with van der Waals surface area (Å²) in [5, 5.41) is 10.5. The summed E-state index contributed by atoms with van der Waals surface area (Å²) in [5.74, 6) is 0. The molecule has 1 aromatic carbocycles. The standard InChI is InChI=1S/C10H12BrClO3S/c1-10(11,16(2,14)15)9(13)7-3-5-8(12)6-4-7/h3-6,9,13H,1-2H3/t9-,10+/m1/s1. The molecule has 1 rings (SSSR count). The smallest absolute Gasteiger partial charge is 0.165 e. The van der Waals surface area contributed by atoms with Gasteiger partial charge in [0.1, 0.15) is 6.10 Å². The molecule has 0 spiro atoms. The zero-order chi connectivity index (χ0) is 12.6. The van der Waals surface area contributed by atoms with Gasteiger partial charge < -0.3 is 5.11 Å². The first kappa shape index (κ1) is 14.0. The van der Waals surface area contributed by atoms with E-state index in [9.17, 15) is 13.5 Å². The SMILES string of the molecule is C[C@@](Br)([C@H](O)c1ccc(Cl)cc1)S(C)(=O)=O. The van der Waals surface area contributed by atoms with Gasteiger partial charge in [0.15, 0.2) is 13.5 Å². The average molecular weight is 328 g/mol. The van der Waals surface area contributed by atoms with Crippen LogP contribution in [0.5, 0.6) is 0 Å². The van der Waals surface area contributed by atoms with Gasteiger partial charge in [-0.05, 0) is 24.6 Å². The van der Waals surface area contributed by atoms with Crippen molar-refractivity contribution in [3.8, 4) is 0 Å². The number of hydrogen-bond donors (Lipinski definition) is 1. The van der Waals surface area contributed by atoms with E-state index in [1.165, 1.54) is 6.92 Å². The number of benzene rings is 1. The van der Waals surface area contributed by atoms with E-state index in [0.717, 1.165) is 6.26 Å². The second-order valence-corrected chi connectivity index (χ2v) is 8.71. The lowest BCUT2D eigenvalue weighted by Gasteiger charge is -2.26. The van der Waals surface area contributed by atoms with E-state index in [1.807, 2.05) is 0 Å². The molecule has 0 saturated heterocycles. The van der Waals surface area contributed by atoms with Crippen LogP contribution in [0.2, 0.25) is 5.02 Å². The Kier molecular flexibility index (Phi) is 4.05. The molecule has 0 bridgehead atoms. The summed E-state index contributed by atoms with van der Waals surface area (Å²) in [5.41, 5.74) is 0.495. The van der Waals surface area contributed by atoms with Gasteiger partial charge in [-0.1, -0.05) is 39.7 Å². The van der Waals surface area contributed by atoms with Crippen molar-refractivity contribution in [2.75, 3.05) is 6.26 Å². The Morgan fingerprint density at radius 3 is 2.19 bits per heavy atom. The number of sulfone groups is 1. The summed E-state index contributed by atoms with van der Waals surface area (Å²) in [6, 6.07) is 6.40. The molecule has 0 amide bonds. The first-order valence-electron chi connectivity index (χ1n) is 4.48. The third-order valence-electron chi connectivity index (χ3n) is 2.40. The number of rotatable bonds is 3. The summed E-state index contributed by atoms with van der Waals surface area (Å²) in [7, 11) is -3.43. The molecule has 0 saturated carbocycles. The van der Waals surface area contributed by atoms with Crippen LogP contribution in [0.4, 0.5) is 0 Å². The molecule has 0 aromatic heterocycles. The van der Waals surface area contributed by atoms with Crippen molar-refractivity contribution < 1.29 is 13.5 Å². The highest BCUT2D eigenvalue weighted by Gasteiger charge is 2.41. The maximum atomic E-state index is 11.5. The van der Waals surface area contributed by atoms with Crippen LogP contribution < -0.4 is 0 Å². The van der Waals surface area contributed by atoms with Crippen LogP contribution in [0.1, 0.15) is 18.6 Å². The summed E-state index contributed by atoms with van der Waals surface area (Å²) in [6.45, 7) is 1.42. The Morgan fingerprint density at radius 2 is 1.81 bits per heavy atom. The number of hydrogen-bond acceptors (Lipinski definition) is 3. The number of alkyl halides is 1. The predicted octanol–water partition coefficient (Wildman–Crippen LogP) is 2.53. The summed E-state index contributed by atoms with van der Waals surface area (Å²) >= 11 is 8.76. The fraction of sp³-hybridized carbons (Fsp3) is 0.400. The van der Waals surface area contributed by atoms with Gasteiger partial charge in [-0.15, -0.1) is 0 Å². The molecule has 1 N–H and O–H groups in total. The van der Waals surface area contributed by atoms with Crippen LogP contribution in [-0.2, 0) is 9.84 Å². The van der Waals surface area contributed by atoms with Gasteiger partial charge >= 0.3 is 0 Å². The Bertz CT molecular complexity index is 467. The normalized spacial score (nSPS) is 17.8. The Labute approximate surface area is 108 Å². The highest BCUT2D eigenvalue weighted by atomic mass is 79.9. The van der Waals surface area contributed by atoms with E-state index in [2.05, 4.69) is 15.9 Å². The second-order valence-electron chi connectivity index (χ2n) is 3.71. The molecule has 16 heavy (non-hydrogen) atoms. The molecular weight excluding hydrogens is 316 g/mol. The first-order chi connectivity index (χ1) is 7.16. The van der Waals surface area contributed by atoms with Crippen LogP contribution in [0.15, 0.2) is 24.3 Å². The van der Waals surface area contributed by atoms with Crippen molar-refractivity contribution in [3.63, 3.8) is 0 Å². The molecule has 0 heterocycles. The second kappa shape index (κ2) is 4.64. The quantitative estimate of drug-likeness (QED) is 0.868. The summed E-state index contributed by atoms with van der Waals surface area (Å²) in [4.78, 5) is 0. The molecule has 0 radical (unpaired) electrons. The van der Waals surface area contributed by atoms with Crippen LogP contribution in [0.3, 0.4) is 0 Å². The van der Waals surface area contributed by atoms with Crippen LogP contribution in [0.25, 0.3) is 0 Å². The minimum absolute atomic E-state index is 0.495. The van der Waals surface area contributed by atoms with Crippen molar-refractivity contribution in [3.05, 3.63) is 34.9 Å². The summed E-state index contributed by atoms with van der Waals surface area (Å²) in [6.07, 6.45) is -0.0827. The van der Waals surface area contributed by atoms with Crippen molar-refractivity contribution in [1.82, 2.24) is 0 Å². The van der Waals surface area contributed by atoms with Crippen molar-refractivity contribution in [1.29, 1.82) is 0 Å². The lowest BCUT2D eigenvalue weighted by Crippen LogP contribution is -2.34. The van der Waals surface area contributed by atoms with Crippen molar-refractivity contribution >= 4 is 37.4 Å². The van der Waals surface area contributed by atoms with Crippen LogP contribution in [0, 0.1) is 0 Å². The maximum absolute atomic E-state index is 11.5. The van der Waals surface area contributed by atoms with Gasteiger partial charge in [0.2, 0.25) is 0 Å². The Hall–Kier alpha value is -0.100. The molecule has 6 heteroatoms. The summed E-state index contributed by atoms with van der Waals surface area (Å²) < 4.78 is 21.6. The highest BCUT2D eigenvalue weighted by molar-refractivity contribution is 9.11. The molecule has 2 atom stereocenters. The number of aliphatic hydroxyl groups excluding tert-OH is 1. The van der Waals surface area contributed by atoms with Gasteiger partial charge in [-0.3, -0.25) is 0 Å². The average Bonchev–Trinajstić information content (AvgIpc) is 2.16. The van der Waals surface area contributed by atoms with E-state index in [1.54, 1.807) is 24.3 Å². The number of aliphatic hydroxyl groups is 1. The van der Waals surface area contributed by atoms with E-state index >= 15 is 0 Å². The van der Waals surface area contributed by atoms with Crippen LogP contribution in [-0.4, -0.2) is 23.4 Å². The molecule has 0 aliphatic carbocycles. The Balaban J connectivity index is 3.12. The molecule has 3 nitrogen and oxygen atoms in total. The van der Waals surface area contributed by atoms with E-state index < -0.39 is 19.6 Å². The lowest BCUT2D eigenvalue weighted by molar-refractivity contribution is 0.168. The molecule has 0 aliphatic heterocycles. The van der Waals surface area contributed by atoms with E-state index in [0.29, 0.717) is 10.6 Å². The molecule has 0 aliphatic rings. The topological polar surface area (TPSA) is 54.4 Å². The zero-order valence-electron chi connectivity index (χ0n) is 8.81. The van der Waals surface area contributed by atoms with E-state index in [-0.39, 0.29) is 0 Å². The predicted molar refractivity (Wildman–Crippen MR) is 68.6 cm³/mol. The lowest BCUT2D eigenvalue weighted by atomic mass is 10.1. The van der Waals surface area contributed by atoms with Crippen molar-refractivity contribution in [2.24, 2.45) is 0 Å². The number of halogens is 2. The van der Waals surface area contributed by atoms with E-state index in [4.69, 9.17) is 11.6 Å². The molecular formula is C10H12BrClO3S. The molecule has 0 unspecified atom stereocenters. The van der Waals surface area contributed by atoms with Gasteiger partial charge in [0, 0.05) is 11.3 Å². The Morgan fingerprint density at radius 1 is 1.38 bits per heavy atom. The molecule has 1 aromatic rings. The van der Waals surface area contributed by atoms with Gasteiger partial charge in [-0.25, -0.2) is 8.42 Å². The largest absolute Gasteiger partial charge is 0.386 e. The monoisotopic (exact) mass is 326 g/mol. The first-order valence-corrected chi connectivity index (χ1v) is 7.54. The minimum atomic E-state index is -3.43. The third-order valence-corrected chi connectivity index (χ3v) is 6.52. The van der Waals surface area contributed by atoms with Crippen molar-refractivity contribution in [2.45, 2.75) is 16.7 Å².